The van der Waals surface area contributed by atoms with Crippen molar-refractivity contribution in [3.63, 3.8) is 0 Å². The molecule has 0 bridgehead atoms. The second-order valence-corrected chi connectivity index (χ2v) is 4.40. The van der Waals surface area contributed by atoms with Gasteiger partial charge >= 0.3 is 0 Å². The molecule has 3 aromatic rings. The minimum Gasteiger partial charge on any atom is -0.333 e. The van der Waals surface area contributed by atoms with Gasteiger partial charge in [-0.1, -0.05) is 35.5 Å². The minimum atomic E-state index is 0.565. The Bertz CT molecular complexity index is 648. The first-order valence-electron chi connectivity index (χ1n) is 4.81. The molecule has 2 aromatic carbocycles. The average molecular weight is 322 g/mol. The Morgan fingerprint density at radius 3 is 2.56 bits per heavy atom. The van der Waals surface area contributed by atoms with Gasteiger partial charge in [0, 0.05) is 28.2 Å². The lowest BCUT2D eigenvalue weighted by atomic mass is 10.1. The third kappa shape index (κ3) is 1.69. The Kier molecular flexibility index (Phi) is 2.36. The number of fused-ring (bicyclic) bond motifs is 1. The molecule has 0 atom stereocenters. The van der Waals surface area contributed by atoms with Gasteiger partial charge in [0.15, 0.2) is 0 Å². The van der Waals surface area contributed by atoms with Crippen LogP contribution < -0.4 is 0 Å². The first-order chi connectivity index (χ1) is 7.83. The van der Waals surface area contributed by atoms with Crippen LogP contribution in [0.15, 0.2) is 47.0 Å². The normalized spacial score (nSPS) is 10.8. The lowest BCUT2D eigenvalue weighted by Crippen LogP contribution is -1.79. The fourth-order valence-electron chi connectivity index (χ4n) is 1.65. The number of rotatable bonds is 1. The first-order valence-corrected chi connectivity index (χ1v) is 5.89. The van der Waals surface area contributed by atoms with Gasteiger partial charge in [0.1, 0.15) is 0 Å². The van der Waals surface area contributed by atoms with E-state index < -0.39 is 0 Å². The van der Waals surface area contributed by atoms with Crippen molar-refractivity contribution < 1.29 is 4.52 Å². The molecule has 4 heteroatoms. The summed E-state index contributed by atoms with van der Waals surface area (Å²) in [7, 11) is 0. The maximum Gasteiger partial charge on any atom is 0.258 e. The standard InChI is InChI=1S/C12H7IN2O/c13-12-14-11(16-15-12)10-6-5-8-3-1-2-4-9(8)7-10/h1-7H. The van der Waals surface area contributed by atoms with E-state index in [-0.39, 0.29) is 0 Å². The zero-order valence-corrected chi connectivity index (χ0v) is 10.4. The molecule has 0 unspecified atom stereocenters. The second kappa shape index (κ2) is 3.86. The quantitative estimate of drug-likeness (QED) is 0.644. The molecular formula is C12H7IN2O. The van der Waals surface area contributed by atoms with Crippen LogP contribution >= 0.6 is 22.6 Å². The van der Waals surface area contributed by atoms with Gasteiger partial charge in [-0.3, -0.25) is 0 Å². The molecule has 0 saturated carbocycles. The van der Waals surface area contributed by atoms with Gasteiger partial charge in [-0.2, -0.15) is 4.98 Å². The molecule has 0 fully saturated rings. The van der Waals surface area contributed by atoms with Crippen molar-refractivity contribution in [2.24, 2.45) is 0 Å². The summed E-state index contributed by atoms with van der Waals surface area (Å²) in [4.78, 5) is 4.20. The number of halogens is 1. The summed E-state index contributed by atoms with van der Waals surface area (Å²) in [6.07, 6.45) is 0. The zero-order chi connectivity index (χ0) is 11.0. The van der Waals surface area contributed by atoms with Gasteiger partial charge in [0.25, 0.3) is 5.89 Å². The monoisotopic (exact) mass is 322 g/mol. The number of hydrogen-bond donors (Lipinski definition) is 0. The van der Waals surface area contributed by atoms with E-state index in [2.05, 4.69) is 34.4 Å². The molecule has 0 aliphatic rings. The highest BCUT2D eigenvalue weighted by Crippen LogP contribution is 2.23. The van der Waals surface area contributed by atoms with Gasteiger partial charge in [0.2, 0.25) is 3.83 Å². The highest BCUT2D eigenvalue weighted by molar-refractivity contribution is 14.1. The van der Waals surface area contributed by atoms with Crippen molar-refractivity contribution in [2.75, 3.05) is 0 Å². The van der Waals surface area contributed by atoms with Gasteiger partial charge in [-0.25, -0.2) is 0 Å². The van der Waals surface area contributed by atoms with Crippen molar-refractivity contribution in [1.82, 2.24) is 10.1 Å². The van der Waals surface area contributed by atoms with Crippen LogP contribution in [0.1, 0.15) is 0 Å². The SMILES string of the molecule is Ic1noc(-c2ccc3ccccc3c2)n1. The van der Waals surface area contributed by atoms with Crippen LogP contribution in [0.2, 0.25) is 0 Å². The molecule has 0 aliphatic heterocycles. The molecule has 1 aromatic heterocycles. The van der Waals surface area contributed by atoms with Gasteiger partial charge in [0.05, 0.1) is 0 Å². The summed E-state index contributed by atoms with van der Waals surface area (Å²) in [6.45, 7) is 0. The van der Waals surface area contributed by atoms with Crippen LogP contribution in [0.5, 0.6) is 0 Å². The summed E-state index contributed by atoms with van der Waals surface area (Å²) in [5, 5.41) is 6.16. The predicted molar refractivity (Wildman–Crippen MR) is 70.0 cm³/mol. The van der Waals surface area contributed by atoms with Crippen LogP contribution in [0, 0.1) is 3.83 Å². The smallest absolute Gasteiger partial charge is 0.258 e. The number of hydrogen-bond acceptors (Lipinski definition) is 3. The van der Waals surface area contributed by atoms with E-state index in [0.717, 1.165) is 5.56 Å². The van der Waals surface area contributed by atoms with Crippen molar-refractivity contribution in [2.45, 2.75) is 0 Å². The molecule has 1 heterocycles. The average Bonchev–Trinajstić information content (AvgIpc) is 2.75. The molecule has 3 nitrogen and oxygen atoms in total. The van der Waals surface area contributed by atoms with Crippen molar-refractivity contribution in [3.8, 4) is 11.5 Å². The Balaban J connectivity index is 2.18. The maximum absolute atomic E-state index is 5.13. The molecule has 0 amide bonds. The van der Waals surface area contributed by atoms with Crippen LogP contribution in [0.4, 0.5) is 0 Å². The minimum absolute atomic E-state index is 0.565. The van der Waals surface area contributed by atoms with Gasteiger partial charge < -0.3 is 4.52 Å². The largest absolute Gasteiger partial charge is 0.333 e. The van der Waals surface area contributed by atoms with Crippen molar-refractivity contribution >= 4 is 33.4 Å². The Hall–Kier alpha value is -1.43. The predicted octanol–water partition coefficient (Wildman–Crippen LogP) is 3.49. The Labute approximate surface area is 106 Å². The molecule has 0 N–H and O–H groups in total. The lowest BCUT2D eigenvalue weighted by Gasteiger charge is -1.98. The molecule has 78 valence electrons. The number of benzene rings is 2. The van der Waals surface area contributed by atoms with Gasteiger partial charge in [-0.05, 0) is 22.9 Å². The lowest BCUT2D eigenvalue weighted by molar-refractivity contribution is 0.426. The van der Waals surface area contributed by atoms with E-state index >= 15 is 0 Å². The highest BCUT2D eigenvalue weighted by atomic mass is 127. The molecule has 0 aliphatic carbocycles. The maximum atomic E-state index is 5.13. The molecule has 3 rings (SSSR count). The highest BCUT2D eigenvalue weighted by Gasteiger charge is 2.06. The summed E-state index contributed by atoms with van der Waals surface area (Å²) in [6, 6.07) is 14.3. The topological polar surface area (TPSA) is 38.9 Å². The zero-order valence-electron chi connectivity index (χ0n) is 8.22. The Morgan fingerprint density at radius 1 is 1.00 bits per heavy atom. The van der Waals surface area contributed by atoms with Crippen LogP contribution in [0.3, 0.4) is 0 Å². The van der Waals surface area contributed by atoms with Crippen LogP contribution in [-0.2, 0) is 0 Å². The fourth-order valence-corrected chi connectivity index (χ4v) is 1.96. The van der Waals surface area contributed by atoms with E-state index in [9.17, 15) is 0 Å². The summed E-state index contributed by atoms with van der Waals surface area (Å²) >= 11 is 2.03. The van der Waals surface area contributed by atoms with Crippen molar-refractivity contribution in [3.05, 3.63) is 46.3 Å². The molecule has 0 saturated heterocycles. The Morgan fingerprint density at radius 2 is 1.81 bits per heavy atom. The molecule has 0 spiro atoms. The van der Waals surface area contributed by atoms with E-state index in [4.69, 9.17) is 4.52 Å². The van der Waals surface area contributed by atoms with Crippen LogP contribution in [-0.4, -0.2) is 10.1 Å². The molecule has 16 heavy (non-hydrogen) atoms. The summed E-state index contributed by atoms with van der Waals surface area (Å²) < 4.78 is 5.76. The van der Waals surface area contributed by atoms with E-state index in [1.165, 1.54) is 10.8 Å². The van der Waals surface area contributed by atoms with E-state index in [1.807, 2.05) is 40.8 Å². The third-order valence-corrected chi connectivity index (χ3v) is 2.84. The third-order valence-electron chi connectivity index (χ3n) is 2.40. The number of nitrogens with zero attached hydrogens (tertiary/aromatic N) is 2. The molecule has 0 radical (unpaired) electrons. The van der Waals surface area contributed by atoms with E-state index in [1.54, 1.807) is 0 Å². The van der Waals surface area contributed by atoms with E-state index in [0.29, 0.717) is 9.72 Å². The molecular weight excluding hydrogens is 315 g/mol. The summed E-state index contributed by atoms with van der Waals surface area (Å²) in [5.74, 6) is 0.565. The summed E-state index contributed by atoms with van der Waals surface area (Å²) in [5.41, 5.74) is 0.953. The first kappa shape index (κ1) is 9.77. The number of aromatic nitrogens is 2. The van der Waals surface area contributed by atoms with Crippen LogP contribution in [0.25, 0.3) is 22.2 Å². The van der Waals surface area contributed by atoms with Gasteiger partial charge in [-0.15, -0.1) is 0 Å². The van der Waals surface area contributed by atoms with Crippen molar-refractivity contribution in [1.29, 1.82) is 0 Å². The second-order valence-electron chi connectivity index (χ2n) is 3.43. The fraction of sp³-hybridized carbons (Fsp3) is 0.